The minimum absolute atomic E-state index is 0.901. The molecule has 0 aliphatic rings. The van der Waals surface area contributed by atoms with Crippen LogP contribution in [0.1, 0.15) is 90.9 Å². The molecule has 0 saturated heterocycles. The lowest BCUT2D eigenvalue weighted by Crippen LogP contribution is -2.11. The molecule has 0 N–H and O–H groups in total. The van der Waals surface area contributed by atoms with Crippen LogP contribution in [0.25, 0.3) is 0 Å². The molecule has 0 amide bonds. The van der Waals surface area contributed by atoms with E-state index in [2.05, 4.69) is 39.8 Å². The second-order valence-electron chi connectivity index (χ2n) is 6.25. The van der Waals surface area contributed by atoms with E-state index in [1.807, 2.05) is 0 Å². The number of hydrogen-bond acceptors (Lipinski definition) is 0. The van der Waals surface area contributed by atoms with E-state index in [1.54, 1.807) is 0 Å². The molecule has 2 unspecified atom stereocenters. The lowest BCUT2D eigenvalue weighted by atomic mass is 9.83. The Bertz CT molecular complexity index is 204. The van der Waals surface area contributed by atoms with Crippen molar-refractivity contribution in [2.24, 2.45) is 11.8 Å². The van der Waals surface area contributed by atoms with E-state index in [4.69, 9.17) is 0 Å². The van der Waals surface area contributed by atoms with Crippen molar-refractivity contribution in [3.63, 3.8) is 0 Å². The zero-order chi connectivity index (χ0) is 15.1. The fraction of sp³-hybridized carbons (Fsp3) is 0.800. The molecule has 0 bridgehead atoms. The molecule has 0 spiro atoms. The first-order valence-electron chi connectivity index (χ1n) is 8.99. The summed E-state index contributed by atoms with van der Waals surface area (Å²) in [6.45, 7) is 12.5. The third kappa shape index (κ3) is 11.6. The Morgan fingerprint density at radius 2 is 1.50 bits per heavy atom. The Balaban J connectivity index is 3.76. The predicted molar refractivity (Wildman–Crippen MR) is 93.6 cm³/mol. The molecule has 0 aliphatic carbocycles. The van der Waals surface area contributed by atoms with Gasteiger partial charge >= 0.3 is 0 Å². The standard InChI is InChI=1S/C20H38/c1-5-8-10-12-14-16-18-20(19(4)7-3)17-15-13-11-9-6-2/h8,10,19-20H,1-2,5-7,9,11-18H2,3-4H3/b10-8+. The van der Waals surface area contributed by atoms with Gasteiger partial charge in [-0.25, -0.2) is 0 Å². The molecule has 0 rings (SSSR count). The Morgan fingerprint density at radius 3 is 2.10 bits per heavy atom. The van der Waals surface area contributed by atoms with Gasteiger partial charge in [-0.2, -0.15) is 0 Å². The minimum Gasteiger partial charge on any atom is -0.0885 e. The van der Waals surface area contributed by atoms with Crippen LogP contribution in [0.4, 0.5) is 0 Å². The highest BCUT2D eigenvalue weighted by atomic mass is 14.2. The molecule has 0 fully saturated rings. The smallest absolute Gasteiger partial charge is 0.0351 e. The van der Waals surface area contributed by atoms with Crippen LogP contribution in [-0.4, -0.2) is 0 Å². The molecule has 0 saturated carbocycles. The molecule has 0 aromatic heterocycles. The zero-order valence-corrected chi connectivity index (χ0v) is 14.2. The Labute approximate surface area is 129 Å². The Morgan fingerprint density at radius 1 is 0.850 bits per heavy atom. The summed E-state index contributed by atoms with van der Waals surface area (Å²) >= 11 is 0. The zero-order valence-electron chi connectivity index (χ0n) is 14.2. The van der Waals surface area contributed by atoms with Gasteiger partial charge in [0, 0.05) is 0 Å². The Kier molecular flexibility index (Phi) is 14.9. The van der Waals surface area contributed by atoms with Crippen LogP contribution in [0.2, 0.25) is 0 Å². The molecule has 0 aliphatic heterocycles. The normalized spacial score (nSPS) is 14.8. The minimum atomic E-state index is 0.901. The van der Waals surface area contributed by atoms with Gasteiger partial charge in [0.05, 0.1) is 0 Å². The summed E-state index contributed by atoms with van der Waals surface area (Å²) in [4.78, 5) is 0. The van der Waals surface area contributed by atoms with Gasteiger partial charge in [-0.15, -0.1) is 0 Å². The summed E-state index contributed by atoms with van der Waals surface area (Å²) in [5.41, 5.74) is 0. The number of allylic oxidation sites excluding steroid dienone is 2. The SMILES string of the molecule is [CH2]C/C=C/CCCCC(CCCCCC[CH2])C(C)CC. The summed E-state index contributed by atoms with van der Waals surface area (Å²) in [5.74, 6) is 1.86. The maximum absolute atomic E-state index is 3.92. The number of hydrogen-bond donors (Lipinski definition) is 0. The van der Waals surface area contributed by atoms with Gasteiger partial charge in [0.15, 0.2) is 0 Å². The highest BCUT2D eigenvalue weighted by molar-refractivity contribution is 4.82. The molecule has 20 heavy (non-hydrogen) atoms. The highest BCUT2D eigenvalue weighted by Gasteiger charge is 2.14. The fourth-order valence-corrected chi connectivity index (χ4v) is 2.89. The topological polar surface area (TPSA) is 0 Å². The van der Waals surface area contributed by atoms with E-state index in [0.29, 0.717) is 0 Å². The quantitative estimate of drug-likeness (QED) is 0.233. The van der Waals surface area contributed by atoms with Crippen molar-refractivity contribution in [2.75, 3.05) is 0 Å². The van der Waals surface area contributed by atoms with Crippen LogP contribution < -0.4 is 0 Å². The molecule has 0 nitrogen and oxygen atoms in total. The molecule has 0 heterocycles. The number of rotatable bonds is 14. The summed E-state index contributed by atoms with van der Waals surface area (Å²) in [5, 5.41) is 0. The molecular formula is C20H38. The maximum atomic E-state index is 3.92. The van der Waals surface area contributed by atoms with Crippen molar-refractivity contribution in [3.8, 4) is 0 Å². The van der Waals surface area contributed by atoms with Crippen LogP contribution in [0.3, 0.4) is 0 Å². The Hall–Kier alpha value is -0.260. The van der Waals surface area contributed by atoms with Crippen molar-refractivity contribution in [1.82, 2.24) is 0 Å². The van der Waals surface area contributed by atoms with Crippen molar-refractivity contribution < 1.29 is 0 Å². The van der Waals surface area contributed by atoms with Gasteiger partial charge in [-0.05, 0) is 38.0 Å². The molecule has 118 valence electrons. The van der Waals surface area contributed by atoms with Gasteiger partial charge in [-0.3, -0.25) is 0 Å². The van der Waals surface area contributed by atoms with E-state index >= 15 is 0 Å². The van der Waals surface area contributed by atoms with E-state index in [1.165, 1.54) is 64.2 Å². The van der Waals surface area contributed by atoms with Crippen LogP contribution in [0.5, 0.6) is 0 Å². The van der Waals surface area contributed by atoms with E-state index in [0.717, 1.165) is 24.7 Å². The summed E-state index contributed by atoms with van der Waals surface area (Å²) < 4.78 is 0. The lowest BCUT2D eigenvalue weighted by molar-refractivity contribution is 0.289. The first-order chi connectivity index (χ1) is 9.76. The second-order valence-corrected chi connectivity index (χ2v) is 6.25. The first-order valence-corrected chi connectivity index (χ1v) is 8.99. The average Bonchev–Trinajstić information content (AvgIpc) is 2.47. The van der Waals surface area contributed by atoms with Crippen LogP contribution in [0.15, 0.2) is 12.2 Å². The molecular weight excluding hydrogens is 240 g/mol. The molecule has 0 aromatic carbocycles. The second kappa shape index (κ2) is 15.1. The van der Waals surface area contributed by atoms with Gasteiger partial charge in [0.25, 0.3) is 0 Å². The fourth-order valence-electron chi connectivity index (χ4n) is 2.89. The van der Waals surface area contributed by atoms with Crippen molar-refractivity contribution in [2.45, 2.75) is 90.9 Å². The van der Waals surface area contributed by atoms with Crippen molar-refractivity contribution >= 4 is 0 Å². The van der Waals surface area contributed by atoms with Crippen LogP contribution in [-0.2, 0) is 0 Å². The van der Waals surface area contributed by atoms with E-state index in [9.17, 15) is 0 Å². The number of unbranched alkanes of at least 4 members (excludes halogenated alkanes) is 6. The van der Waals surface area contributed by atoms with Crippen molar-refractivity contribution in [1.29, 1.82) is 0 Å². The lowest BCUT2D eigenvalue weighted by Gasteiger charge is -2.23. The van der Waals surface area contributed by atoms with E-state index < -0.39 is 0 Å². The predicted octanol–water partition coefficient (Wildman–Crippen LogP) is 7.16. The highest BCUT2D eigenvalue weighted by Crippen LogP contribution is 2.27. The van der Waals surface area contributed by atoms with Gasteiger partial charge in [0.1, 0.15) is 0 Å². The average molecular weight is 279 g/mol. The van der Waals surface area contributed by atoms with E-state index in [-0.39, 0.29) is 0 Å². The molecule has 2 atom stereocenters. The van der Waals surface area contributed by atoms with Gasteiger partial charge in [0.2, 0.25) is 0 Å². The first kappa shape index (κ1) is 19.7. The van der Waals surface area contributed by atoms with Crippen LogP contribution in [0, 0.1) is 25.7 Å². The molecule has 2 radical (unpaired) electrons. The maximum Gasteiger partial charge on any atom is -0.0351 e. The third-order valence-corrected chi connectivity index (χ3v) is 4.55. The summed E-state index contributed by atoms with van der Waals surface area (Å²) in [7, 11) is 0. The van der Waals surface area contributed by atoms with Crippen LogP contribution >= 0.6 is 0 Å². The monoisotopic (exact) mass is 278 g/mol. The summed E-state index contributed by atoms with van der Waals surface area (Å²) in [6.07, 6.45) is 20.3. The molecule has 0 aromatic rings. The van der Waals surface area contributed by atoms with Gasteiger partial charge < -0.3 is 0 Å². The largest absolute Gasteiger partial charge is 0.0885 e. The summed E-state index contributed by atoms with van der Waals surface area (Å²) in [6, 6.07) is 0. The van der Waals surface area contributed by atoms with Gasteiger partial charge in [-0.1, -0.05) is 90.7 Å². The van der Waals surface area contributed by atoms with Crippen molar-refractivity contribution in [3.05, 3.63) is 26.0 Å². The molecule has 0 heteroatoms. The third-order valence-electron chi connectivity index (χ3n) is 4.55.